The Balaban J connectivity index is 1.22. The van der Waals surface area contributed by atoms with Gasteiger partial charge in [-0.2, -0.15) is 0 Å². The molecule has 4 fully saturated rings. The van der Waals surface area contributed by atoms with Crippen molar-refractivity contribution in [2.75, 3.05) is 26.7 Å². The van der Waals surface area contributed by atoms with Gasteiger partial charge < -0.3 is 14.2 Å². The number of nitrogens with zero attached hydrogens (tertiary/aromatic N) is 3. The molecule has 0 radical (unpaired) electrons. The third-order valence-corrected chi connectivity index (χ3v) is 8.62. The molecule has 0 aliphatic carbocycles. The van der Waals surface area contributed by atoms with E-state index < -0.39 is 0 Å². The lowest BCUT2D eigenvalue weighted by Crippen LogP contribution is -2.66. The average molecular weight is 446 g/mol. The van der Waals surface area contributed by atoms with Crippen LogP contribution in [0.1, 0.15) is 49.8 Å². The highest BCUT2D eigenvalue weighted by Crippen LogP contribution is 2.45. The van der Waals surface area contributed by atoms with Gasteiger partial charge in [0.05, 0.1) is 7.11 Å². The molecular formula is C28H35N3O2. The molecule has 4 aliphatic heterocycles. The number of piperidine rings is 4. The Hall–Kier alpha value is -2.53. The highest BCUT2D eigenvalue weighted by atomic mass is 16.5. The quantitative estimate of drug-likeness (QED) is 0.654. The monoisotopic (exact) mass is 445 g/mol. The molecule has 0 unspecified atom stereocenters. The summed E-state index contributed by atoms with van der Waals surface area (Å²) >= 11 is 0. The minimum atomic E-state index is 0.296. The fourth-order valence-corrected chi connectivity index (χ4v) is 7.14. The summed E-state index contributed by atoms with van der Waals surface area (Å²) in [5, 5.41) is 0. The minimum Gasteiger partial charge on any atom is -0.497 e. The Labute approximate surface area is 197 Å². The van der Waals surface area contributed by atoms with Crippen LogP contribution in [0.25, 0.3) is 6.08 Å². The van der Waals surface area contributed by atoms with E-state index in [0.29, 0.717) is 23.8 Å². The standard InChI is InChI=1S/C28H35N3O2/c1-33-24-11-8-20(9-12-24)18-30-16-3-6-23(30)17-21-10-13-26-25-7-4-15-29-14-2-5-22(27(25)29)19-31(26)28(21)32/h3,6,8-9,11-12,16-17,22,25-27H,2,4-5,7,10,13-15,18-19H2,1H3/b21-17+/t22-,25-,26-,27+/m1/s1. The van der Waals surface area contributed by atoms with Crippen LogP contribution in [-0.2, 0) is 11.3 Å². The molecule has 1 aromatic heterocycles. The number of amides is 1. The number of aromatic nitrogens is 1. The lowest BCUT2D eigenvalue weighted by atomic mass is 9.67. The first kappa shape index (κ1) is 21.0. The minimum absolute atomic E-state index is 0.296. The van der Waals surface area contributed by atoms with E-state index in [1.54, 1.807) is 7.11 Å². The number of hydrogen-bond donors (Lipinski definition) is 0. The first-order chi connectivity index (χ1) is 16.2. The highest BCUT2D eigenvalue weighted by Gasteiger charge is 2.51. The second-order valence-corrected chi connectivity index (χ2v) is 10.4. The molecule has 0 bridgehead atoms. The Morgan fingerprint density at radius 3 is 2.70 bits per heavy atom. The van der Waals surface area contributed by atoms with E-state index in [9.17, 15) is 4.79 Å². The maximum absolute atomic E-state index is 13.7. The first-order valence-corrected chi connectivity index (χ1v) is 12.7. The fourth-order valence-electron chi connectivity index (χ4n) is 7.14. The van der Waals surface area contributed by atoms with Crippen LogP contribution in [0.5, 0.6) is 5.75 Å². The summed E-state index contributed by atoms with van der Waals surface area (Å²) in [4.78, 5) is 18.7. The number of methoxy groups -OCH3 is 1. The average Bonchev–Trinajstić information content (AvgIpc) is 3.28. The molecule has 1 aromatic carbocycles. The zero-order valence-corrected chi connectivity index (χ0v) is 19.7. The van der Waals surface area contributed by atoms with Gasteiger partial charge in [0, 0.05) is 42.6 Å². The Bertz CT molecular complexity index is 1040. The van der Waals surface area contributed by atoms with Gasteiger partial charge in [-0.15, -0.1) is 0 Å². The Morgan fingerprint density at radius 2 is 1.88 bits per heavy atom. The van der Waals surface area contributed by atoms with E-state index in [1.807, 2.05) is 12.1 Å². The molecule has 0 spiro atoms. The Kier molecular flexibility index (Phi) is 5.53. The lowest BCUT2D eigenvalue weighted by Gasteiger charge is -2.58. The fraction of sp³-hybridized carbons (Fsp3) is 0.536. The predicted octanol–water partition coefficient (Wildman–Crippen LogP) is 4.42. The van der Waals surface area contributed by atoms with Crippen LogP contribution in [0.3, 0.4) is 0 Å². The SMILES string of the molecule is COc1ccc(Cn2cccc2/C=C2\CC[C@@H]3[C@H]4CCCN5CCC[C@H](CN3C2=O)[C@@H]45)cc1. The second-order valence-electron chi connectivity index (χ2n) is 10.4. The molecule has 1 amide bonds. The van der Waals surface area contributed by atoms with Gasteiger partial charge in [-0.25, -0.2) is 0 Å². The summed E-state index contributed by atoms with van der Waals surface area (Å²) in [5.74, 6) is 2.52. The van der Waals surface area contributed by atoms with Crippen LogP contribution >= 0.6 is 0 Å². The first-order valence-electron chi connectivity index (χ1n) is 12.7. The third-order valence-electron chi connectivity index (χ3n) is 8.62. The van der Waals surface area contributed by atoms with Crippen molar-refractivity contribution in [2.24, 2.45) is 11.8 Å². The van der Waals surface area contributed by atoms with E-state index in [2.05, 4.69) is 50.9 Å². The number of carbonyl (C=O) groups excluding carboxylic acids is 1. The Morgan fingerprint density at radius 1 is 1.06 bits per heavy atom. The second kappa shape index (κ2) is 8.68. The van der Waals surface area contributed by atoms with Gasteiger partial charge in [0.1, 0.15) is 5.75 Å². The van der Waals surface area contributed by atoms with Crippen LogP contribution < -0.4 is 4.74 Å². The number of carbonyl (C=O) groups is 1. The summed E-state index contributed by atoms with van der Waals surface area (Å²) in [6.07, 6.45) is 11.5. The molecule has 5 nitrogen and oxygen atoms in total. The zero-order valence-electron chi connectivity index (χ0n) is 19.7. The van der Waals surface area contributed by atoms with Gasteiger partial charge in [-0.3, -0.25) is 9.69 Å². The molecule has 4 atom stereocenters. The van der Waals surface area contributed by atoms with Gasteiger partial charge in [0.25, 0.3) is 0 Å². The normalized spacial score (nSPS) is 30.8. The molecule has 0 saturated carbocycles. The van der Waals surface area contributed by atoms with Crippen LogP contribution in [0.4, 0.5) is 0 Å². The maximum Gasteiger partial charge on any atom is 0.250 e. The molecule has 0 N–H and O–H groups in total. The van der Waals surface area contributed by atoms with Crippen LogP contribution in [0, 0.1) is 11.8 Å². The van der Waals surface area contributed by atoms with Crippen molar-refractivity contribution in [3.63, 3.8) is 0 Å². The van der Waals surface area contributed by atoms with Crippen LogP contribution in [0.2, 0.25) is 0 Å². The molecule has 5 heteroatoms. The smallest absolute Gasteiger partial charge is 0.250 e. The molecule has 4 aliphatic rings. The third kappa shape index (κ3) is 3.80. The number of benzene rings is 1. The molecule has 2 aromatic rings. The van der Waals surface area contributed by atoms with Crippen molar-refractivity contribution >= 4 is 12.0 Å². The summed E-state index contributed by atoms with van der Waals surface area (Å²) in [6.45, 7) is 4.30. The van der Waals surface area contributed by atoms with Crippen LogP contribution in [-0.4, -0.2) is 59.1 Å². The molecular weight excluding hydrogens is 410 g/mol. The van der Waals surface area contributed by atoms with Crippen molar-refractivity contribution in [1.82, 2.24) is 14.4 Å². The van der Waals surface area contributed by atoms with Crippen molar-refractivity contribution in [3.05, 3.63) is 59.4 Å². The summed E-state index contributed by atoms with van der Waals surface area (Å²) in [7, 11) is 1.69. The summed E-state index contributed by atoms with van der Waals surface area (Å²) in [5.41, 5.74) is 3.33. The summed E-state index contributed by atoms with van der Waals surface area (Å²) in [6, 6.07) is 13.6. The van der Waals surface area contributed by atoms with Gasteiger partial charge in [0.2, 0.25) is 5.91 Å². The lowest BCUT2D eigenvalue weighted by molar-refractivity contribution is -0.145. The van der Waals surface area contributed by atoms with E-state index in [0.717, 1.165) is 49.0 Å². The van der Waals surface area contributed by atoms with E-state index in [4.69, 9.17) is 4.74 Å². The molecule has 5 heterocycles. The number of ether oxygens (including phenoxy) is 1. The van der Waals surface area contributed by atoms with Crippen molar-refractivity contribution < 1.29 is 9.53 Å². The number of fused-ring (bicyclic) bond motifs is 2. The highest BCUT2D eigenvalue weighted by molar-refractivity contribution is 5.98. The molecule has 4 saturated heterocycles. The van der Waals surface area contributed by atoms with E-state index in [1.165, 1.54) is 44.3 Å². The molecule has 33 heavy (non-hydrogen) atoms. The predicted molar refractivity (Wildman–Crippen MR) is 130 cm³/mol. The van der Waals surface area contributed by atoms with Crippen molar-refractivity contribution in [2.45, 2.75) is 57.2 Å². The molecule has 174 valence electrons. The number of hydrogen-bond acceptors (Lipinski definition) is 3. The van der Waals surface area contributed by atoms with E-state index in [-0.39, 0.29) is 0 Å². The van der Waals surface area contributed by atoms with Crippen LogP contribution in [0.15, 0.2) is 48.2 Å². The summed E-state index contributed by atoms with van der Waals surface area (Å²) < 4.78 is 7.52. The molecule has 6 rings (SSSR count). The van der Waals surface area contributed by atoms with E-state index >= 15 is 0 Å². The van der Waals surface area contributed by atoms with Gasteiger partial charge in [0.15, 0.2) is 0 Å². The van der Waals surface area contributed by atoms with Crippen molar-refractivity contribution in [1.29, 1.82) is 0 Å². The van der Waals surface area contributed by atoms with Gasteiger partial charge >= 0.3 is 0 Å². The zero-order chi connectivity index (χ0) is 22.4. The van der Waals surface area contributed by atoms with Gasteiger partial charge in [-0.05, 0) is 99.4 Å². The largest absolute Gasteiger partial charge is 0.497 e. The van der Waals surface area contributed by atoms with Crippen molar-refractivity contribution in [3.8, 4) is 5.75 Å². The number of rotatable bonds is 4. The van der Waals surface area contributed by atoms with Gasteiger partial charge in [-0.1, -0.05) is 12.1 Å². The maximum atomic E-state index is 13.7. The topological polar surface area (TPSA) is 37.7 Å².